The molecule has 0 radical (unpaired) electrons. The summed E-state index contributed by atoms with van der Waals surface area (Å²) in [7, 11) is 1.97. The number of halogens is 2. The summed E-state index contributed by atoms with van der Waals surface area (Å²) < 4.78 is 0. The number of carbonyl (C=O) groups is 1. The Morgan fingerprint density at radius 1 is 1.14 bits per heavy atom. The highest BCUT2D eigenvalue weighted by molar-refractivity contribution is 5.85. The Kier molecular flexibility index (Phi) is 13.8. The predicted molar refractivity (Wildman–Crippen MR) is 93.5 cm³/mol. The van der Waals surface area contributed by atoms with Crippen molar-refractivity contribution in [2.24, 2.45) is 0 Å². The van der Waals surface area contributed by atoms with Gasteiger partial charge in [0.25, 0.3) is 0 Å². The quantitative estimate of drug-likeness (QED) is 0.716. The summed E-state index contributed by atoms with van der Waals surface area (Å²) in [5.74, 6) is 0.0634. The molecule has 0 fully saturated rings. The minimum absolute atomic E-state index is 0. The average molecular weight is 336 g/mol. The van der Waals surface area contributed by atoms with Gasteiger partial charge in [-0.25, -0.2) is 0 Å². The zero-order valence-corrected chi connectivity index (χ0v) is 14.6. The van der Waals surface area contributed by atoms with Gasteiger partial charge in [-0.3, -0.25) is 9.69 Å². The summed E-state index contributed by atoms with van der Waals surface area (Å²) in [6.45, 7) is 7.33. The van der Waals surface area contributed by atoms with Gasteiger partial charge in [0.1, 0.15) is 6.04 Å². The second kappa shape index (κ2) is 12.9. The third kappa shape index (κ3) is 7.67. The zero-order chi connectivity index (χ0) is 14.1. The van der Waals surface area contributed by atoms with E-state index in [0.717, 1.165) is 25.2 Å². The van der Waals surface area contributed by atoms with Crippen LogP contribution in [-0.4, -0.2) is 44.0 Å². The van der Waals surface area contributed by atoms with E-state index in [0.29, 0.717) is 6.54 Å². The first-order chi connectivity index (χ1) is 9.20. The van der Waals surface area contributed by atoms with Crippen LogP contribution in [-0.2, 0) is 4.79 Å². The fourth-order valence-electron chi connectivity index (χ4n) is 1.97. The number of rotatable bonds is 8. The summed E-state index contributed by atoms with van der Waals surface area (Å²) in [6.07, 6.45) is 0. The van der Waals surface area contributed by atoms with Crippen molar-refractivity contribution in [3.05, 3.63) is 35.9 Å². The lowest BCUT2D eigenvalue weighted by Crippen LogP contribution is -2.41. The van der Waals surface area contributed by atoms with E-state index in [4.69, 9.17) is 0 Å². The first-order valence-electron chi connectivity index (χ1n) is 6.94. The summed E-state index contributed by atoms with van der Waals surface area (Å²) in [6, 6.07) is 9.69. The number of carbonyl (C=O) groups excluding carboxylic acids is 1. The molecule has 0 aliphatic rings. The van der Waals surface area contributed by atoms with Crippen LogP contribution in [0, 0.1) is 0 Å². The van der Waals surface area contributed by atoms with E-state index in [-0.39, 0.29) is 36.8 Å². The van der Waals surface area contributed by atoms with Crippen molar-refractivity contribution in [1.29, 1.82) is 0 Å². The molecule has 1 aromatic rings. The second-order valence-corrected chi connectivity index (χ2v) is 4.53. The van der Waals surface area contributed by atoms with Crippen molar-refractivity contribution in [1.82, 2.24) is 15.5 Å². The van der Waals surface area contributed by atoms with Crippen molar-refractivity contribution in [3.8, 4) is 0 Å². The molecule has 0 aliphatic heterocycles. The number of nitrogens with one attached hydrogen (secondary N) is 2. The van der Waals surface area contributed by atoms with E-state index in [1.54, 1.807) is 0 Å². The van der Waals surface area contributed by atoms with Crippen LogP contribution in [0.3, 0.4) is 0 Å². The monoisotopic (exact) mass is 335 g/mol. The zero-order valence-electron chi connectivity index (χ0n) is 13.0. The van der Waals surface area contributed by atoms with Crippen LogP contribution in [0.15, 0.2) is 30.3 Å². The van der Waals surface area contributed by atoms with Gasteiger partial charge in [0, 0.05) is 13.1 Å². The standard InChI is InChI=1S/C15H25N3O.2ClH/c1-4-16-11-12-17-15(19)14(18(3)5-2)13-9-7-6-8-10-13;;/h6-10,14,16H,4-5,11-12H2,1-3H3,(H,17,19);2*1H. The number of hydrogen-bond acceptors (Lipinski definition) is 3. The molecule has 1 unspecified atom stereocenters. The first kappa shape index (κ1) is 22.5. The number of hydrogen-bond donors (Lipinski definition) is 2. The van der Waals surface area contributed by atoms with Gasteiger partial charge in [0.15, 0.2) is 0 Å². The van der Waals surface area contributed by atoms with Gasteiger partial charge >= 0.3 is 0 Å². The summed E-state index contributed by atoms with van der Waals surface area (Å²) in [4.78, 5) is 14.4. The van der Waals surface area contributed by atoms with Crippen LogP contribution in [0.1, 0.15) is 25.5 Å². The normalized spacial score (nSPS) is 11.2. The lowest BCUT2D eigenvalue weighted by atomic mass is 10.0. The Balaban J connectivity index is 0. The van der Waals surface area contributed by atoms with E-state index in [1.165, 1.54) is 0 Å². The fraction of sp³-hybridized carbons (Fsp3) is 0.533. The Morgan fingerprint density at radius 3 is 2.29 bits per heavy atom. The van der Waals surface area contributed by atoms with Crippen LogP contribution < -0.4 is 10.6 Å². The Morgan fingerprint density at radius 2 is 1.76 bits per heavy atom. The Labute approximate surface area is 140 Å². The lowest BCUT2D eigenvalue weighted by molar-refractivity contribution is -0.126. The molecule has 0 saturated heterocycles. The summed E-state index contributed by atoms with van der Waals surface area (Å²) in [5.41, 5.74) is 1.04. The molecule has 122 valence electrons. The maximum Gasteiger partial charge on any atom is 0.241 e. The number of nitrogens with zero attached hydrogens (tertiary/aromatic N) is 1. The van der Waals surface area contributed by atoms with Gasteiger partial charge < -0.3 is 10.6 Å². The Hall–Kier alpha value is -0.810. The van der Waals surface area contributed by atoms with Crippen molar-refractivity contribution < 1.29 is 4.79 Å². The van der Waals surface area contributed by atoms with Gasteiger partial charge in [-0.2, -0.15) is 0 Å². The molecular formula is C15H27Cl2N3O. The highest BCUT2D eigenvalue weighted by atomic mass is 35.5. The minimum atomic E-state index is -0.215. The third-order valence-corrected chi connectivity index (χ3v) is 3.15. The molecule has 0 saturated carbocycles. The molecular weight excluding hydrogens is 309 g/mol. The molecule has 0 spiro atoms. The maximum atomic E-state index is 12.3. The molecule has 1 amide bonds. The molecule has 0 bridgehead atoms. The van der Waals surface area contributed by atoms with Crippen molar-refractivity contribution in [2.45, 2.75) is 19.9 Å². The van der Waals surface area contributed by atoms with Gasteiger partial charge in [-0.15, -0.1) is 24.8 Å². The molecule has 1 atom stereocenters. The molecule has 0 heterocycles. The number of benzene rings is 1. The van der Waals surface area contributed by atoms with E-state index in [1.807, 2.05) is 37.4 Å². The van der Waals surface area contributed by atoms with E-state index in [9.17, 15) is 4.79 Å². The molecule has 0 aromatic heterocycles. The predicted octanol–water partition coefficient (Wildman–Crippen LogP) is 2.25. The first-order valence-corrected chi connectivity index (χ1v) is 6.94. The summed E-state index contributed by atoms with van der Waals surface area (Å²) in [5, 5.41) is 6.19. The smallest absolute Gasteiger partial charge is 0.241 e. The molecule has 4 nitrogen and oxygen atoms in total. The molecule has 1 aromatic carbocycles. The number of likely N-dealkylation sites (N-methyl/N-ethyl adjacent to an activating group) is 2. The fourth-order valence-corrected chi connectivity index (χ4v) is 1.97. The highest BCUT2D eigenvalue weighted by Crippen LogP contribution is 2.18. The van der Waals surface area contributed by atoms with E-state index < -0.39 is 0 Å². The van der Waals surface area contributed by atoms with Crippen LogP contribution >= 0.6 is 24.8 Å². The lowest BCUT2D eigenvalue weighted by Gasteiger charge is -2.26. The van der Waals surface area contributed by atoms with Gasteiger partial charge in [0.05, 0.1) is 0 Å². The minimum Gasteiger partial charge on any atom is -0.353 e. The van der Waals surface area contributed by atoms with Crippen molar-refractivity contribution in [3.63, 3.8) is 0 Å². The van der Waals surface area contributed by atoms with Crippen LogP contribution in [0.2, 0.25) is 0 Å². The SMILES string of the molecule is CCNCCNC(=O)C(c1ccccc1)N(C)CC.Cl.Cl. The van der Waals surface area contributed by atoms with Crippen LogP contribution in [0.5, 0.6) is 0 Å². The Bertz CT molecular complexity index is 376. The third-order valence-electron chi connectivity index (χ3n) is 3.15. The van der Waals surface area contributed by atoms with Crippen LogP contribution in [0.25, 0.3) is 0 Å². The van der Waals surface area contributed by atoms with E-state index in [2.05, 4.69) is 29.4 Å². The van der Waals surface area contributed by atoms with Crippen molar-refractivity contribution in [2.75, 3.05) is 33.2 Å². The van der Waals surface area contributed by atoms with Crippen LogP contribution in [0.4, 0.5) is 0 Å². The van der Waals surface area contributed by atoms with Gasteiger partial charge in [0.2, 0.25) is 5.91 Å². The molecule has 21 heavy (non-hydrogen) atoms. The largest absolute Gasteiger partial charge is 0.353 e. The molecule has 0 aliphatic carbocycles. The average Bonchev–Trinajstić information content (AvgIpc) is 2.45. The van der Waals surface area contributed by atoms with E-state index >= 15 is 0 Å². The maximum absolute atomic E-state index is 12.3. The highest BCUT2D eigenvalue weighted by Gasteiger charge is 2.23. The topological polar surface area (TPSA) is 44.4 Å². The summed E-state index contributed by atoms with van der Waals surface area (Å²) >= 11 is 0. The van der Waals surface area contributed by atoms with Crippen molar-refractivity contribution >= 4 is 30.7 Å². The van der Waals surface area contributed by atoms with Gasteiger partial charge in [-0.1, -0.05) is 44.2 Å². The molecule has 6 heteroatoms. The number of amides is 1. The second-order valence-electron chi connectivity index (χ2n) is 4.53. The molecule has 2 N–H and O–H groups in total. The molecule has 1 rings (SSSR count). The van der Waals surface area contributed by atoms with Gasteiger partial charge in [-0.05, 0) is 25.7 Å².